The molecule has 0 aromatic carbocycles. The van der Waals surface area contributed by atoms with Crippen LogP contribution < -0.4 is 11.3 Å². The van der Waals surface area contributed by atoms with Crippen LogP contribution in [-0.2, 0) is 0 Å². The first-order valence-electron chi connectivity index (χ1n) is 8.77. The molecule has 0 radical (unpaired) electrons. The molecule has 0 bridgehead atoms. The molecule has 114 valence electrons. The number of hydrogen-bond donors (Lipinski definition) is 2. The quantitative estimate of drug-likeness (QED) is 0.491. The van der Waals surface area contributed by atoms with Crippen molar-refractivity contribution in [1.29, 1.82) is 0 Å². The van der Waals surface area contributed by atoms with Crippen LogP contribution in [-0.4, -0.2) is 6.04 Å². The number of nitrogens with one attached hydrogen (secondary N) is 1. The molecule has 0 aromatic rings. The van der Waals surface area contributed by atoms with Gasteiger partial charge in [-0.2, -0.15) is 0 Å². The van der Waals surface area contributed by atoms with E-state index in [-0.39, 0.29) is 0 Å². The second-order valence-electron chi connectivity index (χ2n) is 6.53. The average Bonchev–Trinajstić information content (AvgIpc) is 2.40. The lowest BCUT2D eigenvalue weighted by molar-refractivity contribution is 0.238. The third-order valence-corrected chi connectivity index (χ3v) is 5.06. The first-order chi connectivity index (χ1) is 9.31. The van der Waals surface area contributed by atoms with Crippen LogP contribution in [0.2, 0.25) is 0 Å². The summed E-state index contributed by atoms with van der Waals surface area (Å²) < 4.78 is 0. The van der Waals surface area contributed by atoms with E-state index in [0.717, 1.165) is 11.8 Å². The van der Waals surface area contributed by atoms with Crippen LogP contribution in [0, 0.1) is 11.8 Å². The van der Waals surface area contributed by atoms with Gasteiger partial charge in [-0.3, -0.25) is 11.3 Å². The van der Waals surface area contributed by atoms with Crippen molar-refractivity contribution in [2.24, 2.45) is 17.7 Å². The Hall–Kier alpha value is -0.0800. The number of nitrogens with two attached hydrogens (primary N) is 1. The minimum Gasteiger partial charge on any atom is -0.271 e. The number of hydrazine groups is 1. The molecular formula is C17H36N2. The topological polar surface area (TPSA) is 38.0 Å². The van der Waals surface area contributed by atoms with E-state index < -0.39 is 0 Å². The number of rotatable bonds is 8. The minimum absolute atomic E-state index is 0.555. The van der Waals surface area contributed by atoms with Crippen molar-refractivity contribution in [2.75, 3.05) is 0 Å². The summed E-state index contributed by atoms with van der Waals surface area (Å²) in [5.41, 5.74) is 3.16. The first kappa shape index (κ1) is 17.0. The highest BCUT2D eigenvalue weighted by atomic mass is 15.2. The summed E-state index contributed by atoms with van der Waals surface area (Å²) in [6.45, 7) is 4.63. The SMILES string of the molecule is CCCCC(CC)CC(NN)C1CCCCCCC1. The van der Waals surface area contributed by atoms with E-state index in [4.69, 9.17) is 5.84 Å². The van der Waals surface area contributed by atoms with Gasteiger partial charge in [0.05, 0.1) is 0 Å². The second kappa shape index (κ2) is 10.7. The molecule has 3 N–H and O–H groups in total. The van der Waals surface area contributed by atoms with Gasteiger partial charge in [0.1, 0.15) is 0 Å². The van der Waals surface area contributed by atoms with Gasteiger partial charge in [0, 0.05) is 6.04 Å². The van der Waals surface area contributed by atoms with Gasteiger partial charge in [-0.15, -0.1) is 0 Å². The van der Waals surface area contributed by atoms with Crippen molar-refractivity contribution in [3.8, 4) is 0 Å². The molecule has 2 unspecified atom stereocenters. The zero-order chi connectivity index (χ0) is 13.9. The maximum absolute atomic E-state index is 5.88. The Morgan fingerprint density at radius 3 is 2.21 bits per heavy atom. The molecule has 1 fully saturated rings. The third-order valence-electron chi connectivity index (χ3n) is 5.06. The average molecular weight is 268 g/mol. The number of unbranched alkanes of at least 4 members (excludes halogenated alkanes) is 1. The Bertz CT molecular complexity index is 197. The van der Waals surface area contributed by atoms with E-state index in [0.29, 0.717) is 6.04 Å². The van der Waals surface area contributed by atoms with Crippen LogP contribution in [0.25, 0.3) is 0 Å². The fraction of sp³-hybridized carbons (Fsp3) is 1.00. The van der Waals surface area contributed by atoms with Crippen molar-refractivity contribution < 1.29 is 0 Å². The predicted octanol–water partition coefficient (Wildman–Crippen LogP) is 4.79. The summed E-state index contributed by atoms with van der Waals surface area (Å²) in [4.78, 5) is 0. The monoisotopic (exact) mass is 268 g/mol. The van der Waals surface area contributed by atoms with Gasteiger partial charge in [0.15, 0.2) is 0 Å². The third kappa shape index (κ3) is 6.76. The molecule has 2 atom stereocenters. The van der Waals surface area contributed by atoms with Crippen LogP contribution in [0.5, 0.6) is 0 Å². The molecule has 1 saturated carbocycles. The summed E-state index contributed by atoms with van der Waals surface area (Å²) >= 11 is 0. The molecule has 1 rings (SSSR count). The van der Waals surface area contributed by atoms with Gasteiger partial charge in [-0.05, 0) is 31.1 Å². The lowest BCUT2D eigenvalue weighted by Crippen LogP contribution is -2.42. The highest BCUT2D eigenvalue weighted by Gasteiger charge is 2.23. The van der Waals surface area contributed by atoms with Crippen molar-refractivity contribution in [3.05, 3.63) is 0 Å². The van der Waals surface area contributed by atoms with E-state index in [9.17, 15) is 0 Å². The maximum Gasteiger partial charge on any atom is 0.0241 e. The lowest BCUT2D eigenvalue weighted by Gasteiger charge is -2.31. The molecule has 0 aliphatic heterocycles. The molecule has 2 nitrogen and oxygen atoms in total. The summed E-state index contributed by atoms with van der Waals surface area (Å²) in [5, 5.41) is 0. The molecule has 1 aliphatic rings. The largest absolute Gasteiger partial charge is 0.271 e. The first-order valence-corrected chi connectivity index (χ1v) is 8.77. The van der Waals surface area contributed by atoms with Crippen LogP contribution in [0.4, 0.5) is 0 Å². The van der Waals surface area contributed by atoms with Crippen LogP contribution in [0.15, 0.2) is 0 Å². The molecule has 0 spiro atoms. The van der Waals surface area contributed by atoms with Crippen molar-refractivity contribution in [1.82, 2.24) is 5.43 Å². The van der Waals surface area contributed by atoms with Gasteiger partial charge in [0.2, 0.25) is 0 Å². The van der Waals surface area contributed by atoms with E-state index in [1.165, 1.54) is 77.0 Å². The van der Waals surface area contributed by atoms with Crippen molar-refractivity contribution in [3.63, 3.8) is 0 Å². The molecule has 2 heteroatoms. The smallest absolute Gasteiger partial charge is 0.0241 e. The van der Waals surface area contributed by atoms with Crippen LogP contribution >= 0.6 is 0 Å². The van der Waals surface area contributed by atoms with Gasteiger partial charge in [-0.25, -0.2) is 0 Å². The van der Waals surface area contributed by atoms with Crippen LogP contribution in [0.3, 0.4) is 0 Å². The van der Waals surface area contributed by atoms with Crippen molar-refractivity contribution in [2.45, 2.75) is 96.9 Å². The zero-order valence-corrected chi connectivity index (χ0v) is 13.3. The van der Waals surface area contributed by atoms with E-state index in [1.54, 1.807) is 0 Å². The van der Waals surface area contributed by atoms with Gasteiger partial charge < -0.3 is 0 Å². The van der Waals surface area contributed by atoms with Gasteiger partial charge in [-0.1, -0.05) is 71.6 Å². The molecule has 0 aromatic heterocycles. The second-order valence-corrected chi connectivity index (χ2v) is 6.53. The summed E-state index contributed by atoms with van der Waals surface area (Å²) in [6.07, 6.45) is 16.6. The standard InChI is InChI=1S/C17H36N2/c1-3-5-11-15(4-2)14-17(19-18)16-12-9-7-6-8-10-13-16/h15-17,19H,3-14,18H2,1-2H3. The summed E-state index contributed by atoms with van der Waals surface area (Å²) in [5.74, 6) is 7.56. The number of hydrogen-bond acceptors (Lipinski definition) is 2. The Labute approximate surface area is 120 Å². The Morgan fingerprint density at radius 2 is 1.68 bits per heavy atom. The zero-order valence-electron chi connectivity index (χ0n) is 13.3. The molecule has 1 aliphatic carbocycles. The van der Waals surface area contributed by atoms with Crippen molar-refractivity contribution >= 4 is 0 Å². The molecule has 0 saturated heterocycles. The normalized spacial score (nSPS) is 21.6. The molecule has 19 heavy (non-hydrogen) atoms. The Kier molecular flexibility index (Phi) is 9.54. The predicted molar refractivity (Wildman–Crippen MR) is 84.8 cm³/mol. The van der Waals surface area contributed by atoms with E-state index >= 15 is 0 Å². The Morgan fingerprint density at radius 1 is 1.05 bits per heavy atom. The summed E-state index contributed by atoms with van der Waals surface area (Å²) in [6, 6.07) is 0.555. The highest BCUT2D eigenvalue weighted by Crippen LogP contribution is 2.29. The summed E-state index contributed by atoms with van der Waals surface area (Å²) in [7, 11) is 0. The fourth-order valence-corrected chi connectivity index (χ4v) is 3.63. The Balaban J connectivity index is 2.43. The lowest BCUT2D eigenvalue weighted by atomic mass is 9.81. The van der Waals surface area contributed by atoms with Crippen LogP contribution in [0.1, 0.15) is 90.9 Å². The van der Waals surface area contributed by atoms with E-state index in [1.807, 2.05) is 0 Å². The van der Waals surface area contributed by atoms with Gasteiger partial charge in [0.25, 0.3) is 0 Å². The fourth-order valence-electron chi connectivity index (χ4n) is 3.63. The molecule has 0 heterocycles. The minimum atomic E-state index is 0.555. The molecular weight excluding hydrogens is 232 g/mol. The highest BCUT2D eigenvalue weighted by molar-refractivity contribution is 4.79. The van der Waals surface area contributed by atoms with E-state index in [2.05, 4.69) is 19.3 Å². The maximum atomic E-state index is 5.88. The van der Waals surface area contributed by atoms with Gasteiger partial charge >= 0.3 is 0 Å². The molecule has 0 amide bonds.